The molecule has 1 aromatic heterocycles. The van der Waals surface area contributed by atoms with Crippen molar-refractivity contribution in [2.45, 2.75) is 31.5 Å². The van der Waals surface area contributed by atoms with Gasteiger partial charge in [0.05, 0.1) is 24.0 Å². The summed E-state index contributed by atoms with van der Waals surface area (Å²) in [5.41, 5.74) is 7.47. The lowest BCUT2D eigenvalue weighted by atomic mass is 10.2. The number of rotatable bonds is 1. The summed E-state index contributed by atoms with van der Waals surface area (Å²) in [5.74, 6) is 0.0853. The van der Waals surface area contributed by atoms with Crippen molar-refractivity contribution in [3.8, 4) is 0 Å². The van der Waals surface area contributed by atoms with Gasteiger partial charge in [0.2, 0.25) is 5.91 Å². The number of aromatic amines is 1. The Hall–Kier alpha value is -1.36. The summed E-state index contributed by atoms with van der Waals surface area (Å²) in [6.07, 6.45) is 3.43. The molecule has 1 saturated carbocycles. The topological polar surface area (TPSA) is 75.0 Å². The molecule has 1 aromatic rings. The Morgan fingerprint density at radius 1 is 1.57 bits per heavy atom. The molecule has 1 fully saturated rings. The molecule has 0 unspecified atom stereocenters. The number of fused-ring (bicyclic) bond motifs is 1. The molecule has 3 rings (SSSR count). The zero-order valence-corrected chi connectivity index (χ0v) is 7.79. The van der Waals surface area contributed by atoms with Crippen LogP contribution in [0.3, 0.4) is 0 Å². The van der Waals surface area contributed by atoms with Crippen LogP contribution in [0.15, 0.2) is 6.20 Å². The molecule has 5 nitrogen and oxygen atoms in total. The van der Waals surface area contributed by atoms with E-state index in [9.17, 15) is 4.79 Å². The molecule has 0 atom stereocenters. The quantitative estimate of drug-likeness (QED) is 0.644. The molecule has 0 spiro atoms. The van der Waals surface area contributed by atoms with Crippen molar-refractivity contribution >= 4 is 5.91 Å². The average molecular weight is 192 g/mol. The SMILES string of the molecule is NC1(C(=O)N2Cc3cn[nH]c3C2)CC1. The van der Waals surface area contributed by atoms with E-state index in [1.807, 2.05) is 0 Å². The molecule has 3 N–H and O–H groups in total. The van der Waals surface area contributed by atoms with Crippen molar-refractivity contribution in [2.24, 2.45) is 5.73 Å². The third-order valence-electron chi connectivity index (χ3n) is 3.02. The number of carbonyl (C=O) groups is 1. The fourth-order valence-electron chi connectivity index (χ4n) is 1.87. The zero-order chi connectivity index (χ0) is 9.76. The van der Waals surface area contributed by atoms with Crippen LogP contribution in [-0.4, -0.2) is 26.5 Å². The molecular formula is C9H12N4O. The summed E-state index contributed by atoms with van der Waals surface area (Å²) >= 11 is 0. The van der Waals surface area contributed by atoms with Gasteiger partial charge in [-0.25, -0.2) is 0 Å². The minimum absolute atomic E-state index is 0.0853. The highest BCUT2D eigenvalue weighted by atomic mass is 16.2. The Morgan fingerprint density at radius 3 is 3.00 bits per heavy atom. The van der Waals surface area contributed by atoms with E-state index in [4.69, 9.17) is 5.73 Å². The van der Waals surface area contributed by atoms with Crippen molar-refractivity contribution in [3.63, 3.8) is 0 Å². The molecule has 0 radical (unpaired) electrons. The molecule has 0 saturated heterocycles. The summed E-state index contributed by atoms with van der Waals surface area (Å²) in [6.45, 7) is 1.29. The molecule has 0 aromatic carbocycles. The van der Waals surface area contributed by atoms with E-state index in [0.717, 1.165) is 24.1 Å². The van der Waals surface area contributed by atoms with E-state index in [1.165, 1.54) is 0 Å². The Balaban J connectivity index is 1.79. The Kier molecular flexibility index (Phi) is 1.35. The first kappa shape index (κ1) is 7.99. The highest BCUT2D eigenvalue weighted by molar-refractivity contribution is 5.89. The lowest BCUT2D eigenvalue weighted by Crippen LogP contribution is -2.43. The predicted molar refractivity (Wildman–Crippen MR) is 49.0 cm³/mol. The van der Waals surface area contributed by atoms with Gasteiger partial charge in [-0.05, 0) is 12.8 Å². The van der Waals surface area contributed by atoms with Gasteiger partial charge < -0.3 is 10.6 Å². The van der Waals surface area contributed by atoms with E-state index in [0.29, 0.717) is 13.1 Å². The van der Waals surface area contributed by atoms with Crippen molar-refractivity contribution in [2.75, 3.05) is 0 Å². The van der Waals surface area contributed by atoms with Crippen LogP contribution >= 0.6 is 0 Å². The van der Waals surface area contributed by atoms with Gasteiger partial charge in [0.25, 0.3) is 0 Å². The molecular weight excluding hydrogens is 180 g/mol. The molecule has 1 aliphatic carbocycles. The number of aromatic nitrogens is 2. The maximum absolute atomic E-state index is 11.9. The van der Waals surface area contributed by atoms with E-state index >= 15 is 0 Å². The fraction of sp³-hybridized carbons (Fsp3) is 0.556. The monoisotopic (exact) mass is 192 g/mol. The Bertz CT molecular complexity index is 373. The second kappa shape index (κ2) is 2.36. The smallest absolute Gasteiger partial charge is 0.243 e. The number of hydrogen-bond donors (Lipinski definition) is 2. The summed E-state index contributed by atoms with van der Waals surface area (Å²) < 4.78 is 0. The van der Waals surface area contributed by atoms with Crippen LogP contribution in [0.4, 0.5) is 0 Å². The van der Waals surface area contributed by atoms with Crippen LogP contribution < -0.4 is 5.73 Å². The molecule has 14 heavy (non-hydrogen) atoms. The third kappa shape index (κ3) is 0.988. The lowest BCUT2D eigenvalue weighted by molar-refractivity contribution is -0.134. The normalized spacial score (nSPS) is 22.2. The van der Waals surface area contributed by atoms with Crippen LogP contribution in [-0.2, 0) is 17.9 Å². The first-order valence-electron chi connectivity index (χ1n) is 4.78. The summed E-state index contributed by atoms with van der Waals surface area (Å²) in [6, 6.07) is 0. The zero-order valence-electron chi connectivity index (χ0n) is 7.79. The molecule has 1 amide bonds. The van der Waals surface area contributed by atoms with Crippen molar-refractivity contribution in [1.29, 1.82) is 0 Å². The fourth-order valence-corrected chi connectivity index (χ4v) is 1.87. The van der Waals surface area contributed by atoms with Crippen LogP contribution in [0, 0.1) is 0 Å². The van der Waals surface area contributed by atoms with E-state index < -0.39 is 5.54 Å². The number of nitrogens with zero attached hydrogens (tertiary/aromatic N) is 2. The minimum Gasteiger partial charge on any atom is -0.331 e. The predicted octanol–water partition coefficient (Wildman–Crippen LogP) is -0.257. The highest BCUT2D eigenvalue weighted by Gasteiger charge is 2.49. The second-order valence-electron chi connectivity index (χ2n) is 4.19. The van der Waals surface area contributed by atoms with Crippen molar-refractivity contribution < 1.29 is 4.79 Å². The molecule has 5 heteroatoms. The average Bonchev–Trinajstić information content (AvgIpc) is 2.63. The van der Waals surface area contributed by atoms with E-state index in [1.54, 1.807) is 11.1 Å². The number of amides is 1. The summed E-state index contributed by atoms with van der Waals surface area (Å²) in [4.78, 5) is 13.7. The third-order valence-corrected chi connectivity index (χ3v) is 3.02. The number of H-pyrrole nitrogens is 1. The molecule has 0 bridgehead atoms. The van der Waals surface area contributed by atoms with Crippen LogP contribution in [0.25, 0.3) is 0 Å². The molecule has 74 valence electrons. The first-order valence-corrected chi connectivity index (χ1v) is 4.78. The lowest BCUT2D eigenvalue weighted by Gasteiger charge is -2.19. The van der Waals surface area contributed by atoms with Gasteiger partial charge in [-0.3, -0.25) is 9.89 Å². The maximum Gasteiger partial charge on any atom is 0.243 e. The largest absolute Gasteiger partial charge is 0.331 e. The van der Waals surface area contributed by atoms with Gasteiger partial charge in [-0.1, -0.05) is 0 Å². The number of nitrogens with one attached hydrogen (secondary N) is 1. The first-order chi connectivity index (χ1) is 6.69. The molecule has 2 heterocycles. The van der Waals surface area contributed by atoms with Crippen LogP contribution in [0.1, 0.15) is 24.1 Å². The number of hydrogen-bond acceptors (Lipinski definition) is 3. The second-order valence-corrected chi connectivity index (χ2v) is 4.19. The molecule has 1 aliphatic heterocycles. The molecule has 2 aliphatic rings. The Labute approximate surface area is 81.3 Å². The standard InChI is InChI=1S/C9H12N4O/c10-9(1-2-9)8(14)13-4-6-3-11-12-7(6)5-13/h3H,1-2,4-5,10H2,(H,11,12). The highest BCUT2D eigenvalue weighted by Crippen LogP contribution is 2.36. The number of nitrogens with two attached hydrogens (primary N) is 1. The van der Waals surface area contributed by atoms with Crippen molar-refractivity contribution in [3.05, 3.63) is 17.5 Å². The maximum atomic E-state index is 11.9. The van der Waals surface area contributed by atoms with Gasteiger partial charge in [0.1, 0.15) is 0 Å². The van der Waals surface area contributed by atoms with Crippen LogP contribution in [0.5, 0.6) is 0 Å². The van der Waals surface area contributed by atoms with Crippen molar-refractivity contribution in [1.82, 2.24) is 15.1 Å². The summed E-state index contributed by atoms with van der Waals surface area (Å²) in [7, 11) is 0. The summed E-state index contributed by atoms with van der Waals surface area (Å²) in [5, 5.41) is 6.81. The minimum atomic E-state index is -0.545. The van der Waals surface area contributed by atoms with Gasteiger partial charge in [-0.2, -0.15) is 5.10 Å². The van der Waals surface area contributed by atoms with Gasteiger partial charge in [0.15, 0.2) is 0 Å². The van der Waals surface area contributed by atoms with Gasteiger partial charge in [0, 0.05) is 12.1 Å². The van der Waals surface area contributed by atoms with E-state index in [-0.39, 0.29) is 5.91 Å². The van der Waals surface area contributed by atoms with Crippen LogP contribution in [0.2, 0.25) is 0 Å². The van der Waals surface area contributed by atoms with Gasteiger partial charge >= 0.3 is 0 Å². The van der Waals surface area contributed by atoms with Gasteiger partial charge in [-0.15, -0.1) is 0 Å². The number of carbonyl (C=O) groups excluding carboxylic acids is 1. The Morgan fingerprint density at radius 2 is 2.36 bits per heavy atom. The van der Waals surface area contributed by atoms with E-state index in [2.05, 4.69) is 10.2 Å².